The number of amides is 3. The van der Waals surface area contributed by atoms with Crippen molar-refractivity contribution in [1.29, 1.82) is 0 Å². The predicted octanol–water partition coefficient (Wildman–Crippen LogP) is 4.58. The number of rotatable bonds is 17. The van der Waals surface area contributed by atoms with E-state index in [1.54, 1.807) is 19.1 Å². The van der Waals surface area contributed by atoms with Gasteiger partial charge in [0.15, 0.2) is 0 Å². The van der Waals surface area contributed by atoms with Gasteiger partial charge in [0.1, 0.15) is 5.82 Å². The van der Waals surface area contributed by atoms with Gasteiger partial charge in [-0.1, -0.05) is 69.7 Å². The van der Waals surface area contributed by atoms with E-state index in [-0.39, 0.29) is 29.3 Å². The van der Waals surface area contributed by atoms with Gasteiger partial charge in [-0.25, -0.2) is 12.8 Å². The third kappa shape index (κ3) is 11.7. The van der Waals surface area contributed by atoms with E-state index in [1.807, 2.05) is 51.1 Å². The molecule has 3 rings (SSSR count). The van der Waals surface area contributed by atoms with Crippen LogP contribution in [-0.4, -0.2) is 64.6 Å². The molecule has 10 nitrogen and oxygen atoms in total. The van der Waals surface area contributed by atoms with Crippen molar-refractivity contribution in [2.24, 2.45) is 5.92 Å². The summed E-state index contributed by atoms with van der Waals surface area (Å²) in [5.41, 5.74) is 1.93. The van der Waals surface area contributed by atoms with Gasteiger partial charge >= 0.3 is 0 Å². The number of benzene rings is 3. The van der Waals surface area contributed by atoms with E-state index in [0.29, 0.717) is 30.9 Å². The molecule has 0 aliphatic heterocycles. The standard InChI is InChI=1S/C36H48FN5O5S/c1-7-11-33(36(45)39-22-24(2)3)38-23-31(18-26-12-9-8-10-13-26)41-35(44)29-19-28(20-32(21-29)42(5)48(6,46)47)34(43)40-25(4)27-14-16-30(37)17-15-27/h8-10,12-17,19-21,24-25,31,33,38H,7,11,18,22-23H2,1-6H3,(H,39,45)(H,40,43)(H,41,44)/t25-,31+,33+/m1/s1. The fourth-order valence-electron chi connectivity index (χ4n) is 5.03. The van der Waals surface area contributed by atoms with Crippen LogP contribution in [0.1, 0.15) is 78.4 Å². The summed E-state index contributed by atoms with van der Waals surface area (Å²) < 4.78 is 39.4. The highest BCUT2D eigenvalue weighted by atomic mass is 32.2. The second kappa shape index (κ2) is 17.7. The third-order valence-corrected chi connectivity index (χ3v) is 9.08. The summed E-state index contributed by atoms with van der Waals surface area (Å²) in [5.74, 6) is -1.25. The molecule has 0 saturated heterocycles. The van der Waals surface area contributed by atoms with Crippen molar-refractivity contribution < 1.29 is 27.2 Å². The Morgan fingerprint density at radius 2 is 1.46 bits per heavy atom. The van der Waals surface area contributed by atoms with E-state index in [9.17, 15) is 27.2 Å². The maximum absolute atomic E-state index is 13.8. The molecule has 0 heterocycles. The van der Waals surface area contributed by atoms with Gasteiger partial charge in [-0.3, -0.25) is 18.7 Å². The highest BCUT2D eigenvalue weighted by Gasteiger charge is 2.24. The van der Waals surface area contributed by atoms with E-state index in [1.165, 1.54) is 37.4 Å². The topological polar surface area (TPSA) is 137 Å². The van der Waals surface area contributed by atoms with Crippen LogP contribution in [0, 0.1) is 11.7 Å². The van der Waals surface area contributed by atoms with Gasteiger partial charge in [0.05, 0.1) is 24.0 Å². The first-order valence-electron chi connectivity index (χ1n) is 16.2. The summed E-state index contributed by atoms with van der Waals surface area (Å²) in [7, 11) is -2.39. The number of hydrogen-bond donors (Lipinski definition) is 4. The van der Waals surface area contributed by atoms with E-state index < -0.39 is 45.8 Å². The molecule has 3 amide bonds. The molecule has 48 heavy (non-hydrogen) atoms. The number of anilines is 1. The average molecular weight is 682 g/mol. The molecule has 4 N–H and O–H groups in total. The first kappa shape index (κ1) is 38.2. The van der Waals surface area contributed by atoms with Crippen molar-refractivity contribution in [3.05, 3.63) is 101 Å². The van der Waals surface area contributed by atoms with Gasteiger partial charge < -0.3 is 21.3 Å². The van der Waals surface area contributed by atoms with Crippen molar-refractivity contribution in [1.82, 2.24) is 21.3 Å². The highest BCUT2D eigenvalue weighted by molar-refractivity contribution is 7.92. The van der Waals surface area contributed by atoms with Gasteiger partial charge in [-0.2, -0.15) is 0 Å². The number of carbonyl (C=O) groups is 3. The fraction of sp³-hybridized carbons (Fsp3) is 0.417. The van der Waals surface area contributed by atoms with Gasteiger partial charge in [0.25, 0.3) is 11.8 Å². The van der Waals surface area contributed by atoms with Crippen LogP contribution in [0.2, 0.25) is 0 Å². The molecule has 0 radical (unpaired) electrons. The van der Waals surface area contributed by atoms with Crippen LogP contribution in [0.15, 0.2) is 72.8 Å². The Labute approximate surface area is 283 Å². The van der Waals surface area contributed by atoms with E-state index in [2.05, 4.69) is 21.3 Å². The van der Waals surface area contributed by atoms with Crippen LogP contribution >= 0.6 is 0 Å². The van der Waals surface area contributed by atoms with Crippen molar-refractivity contribution in [2.45, 2.75) is 65.1 Å². The second-order valence-corrected chi connectivity index (χ2v) is 14.5. The molecule has 0 unspecified atom stereocenters. The zero-order valence-electron chi connectivity index (χ0n) is 28.5. The van der Waals surface area contributed by atoms with E-state index >= 15 is 0 Å². The molecule has 0 saturated carbocycles. The van der Waals surface area contributed by atoms with Crippen molar-refractivity contribution >= 4 is 33.4 Å². The van der Waals surface area contributed by atoms with Crippen LogP contribution in [0.25, 0.3) is 0 Å². The third-order valence-electron chi connectivity index (χ3n) is 7.87. The maximum Gasteiger partial charge on any atom is 0.251 e. The average Bonchev–Trinajstić information content (AvgIpc) is 3.05. The van der Waals surface area contributed by atoms with E-state index in [0.717, 1.165) is 22.5 Å². The van der Waals surface area contributed by atoms with Gasteiger partial charge in [-0.05, 0) is 67.1 Å². The zero-order valence-corrected chi connectivity index (χ0v) is 29.4. The summed E-state index contributed by atoms with van der Waals surface area (Å²) in [4.78, 5) is 40.2. The minimum atomic E-state index is -3.73. The molecule has 0 aliphatic carbocycles. The molecule has 260 valence electrons. The van der Waals surface area contributed by atoms with Gasteiger partial charge in [0.2, 0.25) is 15.9 Å². The summed E-state index contributed by atoms with van der Waals surface area (Å²) in [6, 6.07) is 18.2. The van der Waals surface area contributed by atoms with Crippen LogP contribution in [0.5, 0.6) is 0 Å². The smallest absolute Gasteiger partial charge is 0.251 e. The van der Waals surface area contributed by atoms with Gasteiger partial charge in [-0.15, -0.1) is 0 Å². The number of carbonyl (C=O) groups excluding carboxylic acids is 3. The lowest BCUT2D eigenvalue weighted by atomic mass is 10.0. The minimum absolute atomic E-state index is 0.0738. The normalized spacial score (nSPS) is 13.3. The SMILES string of the molecule is CCC[C@H](NC[C@H](Cc1ccccc1)NC(=O)c1cc(C(=O)N[C@H](C)c2ccc(F)cc2)cc(N(C)S(C)(=O)=O)c1)C(=O)NCC(C)C. The molecule has 0 spiro atoms. The Bertz CT molecular complexity index is 1630. The second-order valence-electron chi connectivity index (χ2n) is 12.5. The molecule has 3 aromatic carbocycles. The highest BCUT2D eigenvalue weighted by Crippen LogP contribution is 2.22. The Hall–Kier alpha value is -4.29. The Kier molecular flexibility index (Phi) is 14.1. The van der Waals surface area contributed by atoms with Crippen LogP contribution < -0.4 is 25.6 Å². The summed E-state index contributed by atoms with van der Waals surface area (Å²) >= 11 is 0. The molecule has 3 aromatic rings. The number of halogens is 1. The first-order valence-corrected chi connectivity index (χ1v) is 18.0. The van der Waals surface area contributed by atoms with Gasteiger partial charge in [0, 0.05) is 37.3 Å². The Balaban J connectivity index is 1.90. The van der Waals surface area contributed by atoms with E-state index in [4.69, 9.17) is 0 Å². The lowest BCUT2D eigenvalue weighted by molar-refractivity contribution is -0.123. The summed E-state index contributed by atoms with van der Waals surface area (Å²) in [5, 5.41) is 12.2. The predicted molar refractivity (Wildman–Crippen MR) is 188 cm³/mol. The quantitative estimate of drug-likeness (QED) is 0.165. The van der Waals surface area contributed by atoms with Crippen molar-refractivity contribution in [2.75, 3.05) is 30.7 Å². The van der Waals surface area contributed by atoms with Crippen LogP contribution in [0.4, 0.5) is 10.1 Å². The molecular formula is C36H48FN5O5S. The van der Waals surface area contributed by atoms with Crippen LogP contribution in [-0.2, 0) is 21.2 Å². The fourth-order valence-corrected chi connectivity index (χ4v) is 5.52. The van der Waals surface area contributed by atoms with Crippen molar-refractivity contribution in [3.8, 4) is 0 Å². The number of hydrogen-bond acceptors (Lipinski definition) is 6. The maximum atomic E-state index is 13.8. The lowest BCUT2D eigenvalue weighted by Crippen LogP contribution is -2.51. The number of nitrogens with one attached hydrogen (secondary N) is 4. The molecule has 0 fully saturated rings. The number of nitrogens with zero attached hydrogens (tertiary/aromatic N) is 1. The molecular weight excluding hydrogens is 633 g/mol. The molecule has 0 aromatic heterocycles. The number of sulfonamides is 1. The first-order chi connectivity index (χ1) is 22.7. The molecule has 3 atom stereocenters. The van der Waals surface area contributed by atoms with Crippen molar-refractivity contribution in [3.63, 3.8) is 0 Å². The zero-order chi connectivity index (χ0) is 35.4. The monoisotopic (exact) mass is 681 g/mol. The lowest BCUT2D eigenvalue weighted by Gasteiger charge is -2.25. The molecule has 0 bridgehead atoms. The Morgan fingerprint density at radius 3 is 2.02 bits per heavy atom. The molecule has 0 aliphatic rings. The summed E-state index contributed by atoms with van der Waals surface area (Å²) in [6.45, 7) is 8.63. The Morgan fingerprint density at radius 1 is 0.854 bits per heavy atom. The molecule has 12 heteroatoms. The summed E-state index contributed by atoms with van der Waals surface area (Å²) in [6.07, 6.45) is 2.89. The largest absolute Gasteiger partial charge is 0.354 e. The minimum Gasteiger partial charge on any atom is -0.354 e. The van der Waals surface area contributed by atoms with Crippen LogP contribution in [0.3, 0.4) is 0 Å².